The highest BCUT2D eigenvalue weighted by atomic mass is 35.5. The second-order valence-corrected chi connectivity index (χ2v) is 8.54. The van der Waals surface area contributed by atoms with Crippen molar-refractivity contribution >= 4 is 29.1 Å². The predicted octanol–water partition coefficient (Wildman–Crippen LogP) is 4.67. The lowest BCUT2D eigenvalue weighted by molar-refractivity contribution is -0.116. The molecule has 6 nitrogen and oxygen atoms in total. The zero-order valence-corrected chi connectivity index (χ0v) is 19.0. The van der Waals surface area contributed by atoms with Crippen molar-refractivity contribution < 1.29 is 14.0 Å². The molecule has 3 aromatic rings. The van der Waals surface area contributed by atoms with Crippen LogP contribution in [0.3, 0.4) is 0 Å². The molecule has 0 bridgehead atoms. The molecule has 2 heterocycles. The van der Waals surface area contributed by atoms with Gasteiger partial charge in [-0.3, -0.25) is 14.6 Å². The van der Waals surface area contributed by atoms with Gasteiger partial charge in [0.25, 0.3) is 5.91 Å². The molecular weight excluding hydrogens is 443 g/mol. The van der Waals surface area contributed by atoms with E-state index < -0.39 is 5.95 Å². The van der Waals surface area contributed by atoms with E-state index in [1.807, 2.05) is 12.1 Å². The maximum Gasteiger partial charge on any atom is 0.252 e. The number of halogens is 2. The van der Waals surface area contributed by atoms with Gasteiger partial charge < -0.3 is 10.2 Å². The van der Waals surface area contributed by atoms with Crippen LogP contribution in [0.2, 0.25) is 5.02 Å². The van der Waals surface area contributed by atoms with Gasteiger partial charge in [0.2, 0.25) is 11.9 Å². The van der Waals surface area contributed by atoms with Crippen LogP contribution in [0.15, 0.2) is 54.9 Å². The van der Waals surface area contributed by atoms with E-state index in [1.54, 1.807) is 42.2 Å². The van der Waals surface area contributed by atoms with Gasteiger partial charge in [0.05, 0.1) is 22.0 Å². The van der Waals surface area contributed by atoms with E-state index in [9.17, 15) is 14.0 Å². The minimum Gasteiger partial charge on any atom is -0.352 e. The first-order valence-corrected chi connectivity index (χ1v) is 11.2. The van der Waals surface area contributed by atoms with Crippen LogP contribution < -0.4 is 10.2 Å². The highest BCUT2D eigenvalue weighted by molar-refractivity contribution is 6.34. The maximum absolute atomic E-state index is 13.6. The first-order chi connectivity index (χ1) is 15.9. The number of rotatable bonds is 8. The number of hydrogen-bond donors (Lipinski definition) is 1. The fourth-order valence-electron chi connectivity index (χ4n) is 3.56. The first-order valence-electron chi connectivity index (χ1n) is 10.8. The van der Waals surface area contributed by atoms with Gasteiger partial charge in [-0.2, -0.15) is 4.39 Å². The van der Waals surface area contributed by atoms with E-state index in [2.05, 4.69) is 15.3 Å². The molecule has 0 saturated heterocycles. The summed E-state index contributed by atoms with van der Waals surface area (Å²) in [6.45, 7) is 2.52. The Kier molecular flexibility index (Phi) is 6.99. The van der Waals surface area contributed by atoms with Gasteiger partial charge in [-0.05, 0) is 55.5 Å². The van der Waals surface area contributed by atoms with Gasteiger partial charge in [0, 0.05) is 43.5 Å². The summed E-state index contributed by atoms with van der Waals surface area (Å²) in [6, 6.07) is 12.2. The average molecular weight is 467 g/mol. The third-order valence-electron chi connectivity index (χ3n) is 5.59. The third-order valence-corrected chi connectivity index (χ3v) is 5.90. The van der Waals surface area contributed by atoms with E-state index in [0.717, 1.165) is 18.4 Å². The van der Waals surface area contributed by atoms with Crippen LogP contribution in [0.5, 0.6) is 0 Å². The van der Waals surface area contributed by atoms with Gasteiger partial charge in [0.15, 0.2) is 0 Å². The summed E-state index contributed by atoms with van der Waals surface area (Å²) in [6.07, 6.45) is 5.51. The molecule has 2 amide bonds. The SMILES string of the molecule is CC(=O)N(CC1CC1)c1ccc(-c2ccc(C(=O)NCCc3cccnc3F)cn2)cc1Cl. The normalized spacial score (nSPS) is 12.9. The summed E-state index contributed by atoms with van der Waals surface area (Å²) in [7, 11) is 0. The van der Waals surface area contributed by atoms with Gasteiger partial charge in [-0.25, -0.2) is 4.98 Å². The largest absolute Gasteiger partial charge is 0.352 e. The molecule has 1 aromatic carbocycles. The van der Waals surface area contributed by atoms with Crippen molar-refractivity contribution in [1.82, 2.24) is 15.3 Å². The van der Waals surface area contributed by atoms with E-state index in [4.69, 9.17) is 11.6 Å². The Morgan fingerprint density at radius 2 is 2.00 bits per heavy atom. The van der Waals surface area contributed by atoms with Crippen LogP contribution in [0.4, 0.5) is 10.1 Å². The van der Waals surface area contributed by atoms with Crippen molar-refractivity contribution in [3.05, 3.63) is 77.0 Å². The Balaban J connectivity index is 1.40. The van der Waals surface area contributed by atoms with Crippen LogP contribution in [-0.2, 0) is 11.2 Å². The molecule has 1 fully saturated rings. The standard InChI is InChI=1S/C25H24ClFN4O2/c1-16(32)31(15-17-4-5-17)23-9-7-19(13-21(23)26)22-8-6-20(14-30-22)25(33)29-12-10-18-3-2-11-28-24(18)27/h2-3,6-9,11,13-14,17H,4-5,10,12,15H2,1H3,(H,29,33). The van der Waals surface area contributed by atoms with Gasteiger partial charge in [-0.15, -0.1) is 0 Å². The topological polar surface area (TPSA) is 75.2 Å². The summed E-state index contributed by atoms with van der Waals surface area (Å²) in [5.41, 5.74) is 3.00. The molecule has 170 valence electrons. The molecule has 0 unspecified atom stereocenters. The van der Waals surface area contributed by atoms with Crippen LogP contribution in [0.1, 0.15) is 35.7 Å². The number of nitrogens with one attached hydrogen (secondary N) is 1. The maximum atomic E-state index is 13.6. The lowest BCUT2D eigenvalue weighted by atomic mass is 10.1. The van der Waals surface area contributed by atoms with Gasteiger partial charge >= 0.3 is 0 Å². The number of carbonyl (C=O) groups excluding carboxylic acids is 2. The highest BCUT2D eigenvalue weighted by Gasteiger charge is 2.27. The Morgan fingerprint density at radius 1 is 1.18 bits per heavy atom. The molecular formula is C25H24ClFN4O2. The number of anilines is 1. The molecule has 1 saturated carbocycles. The molecule has 33 heavy (non-hydrogen) atoms. The number of nitrogens with zero attached hydrogens (tertiary/aromatic N) is 3. The van der Waals surface area contributed by atoms with Crippen LogP contribution in [0.25, 0.3) is 11.3 Å². The minimum absolute atomic E-state index is 0.0312. The summed E-state index contributed by atoms with van der Waals surface area (Å²) < 4.78 is 13.6. The number of carbonyl (C=O) groups is 2. The molecule has 1 aliphatic rings. The van der Waals surface area contributed by atoms with Crippen LogP contribution in [0, 0.1) is 11.9 Å². The molecule has 0 radical (unpaired) electrons. The molecule has 1 aliphatic carbocycles. The third kappa shape index (κ3) is 5.73. The van der Waals surface area contributed by atoms with E-state index in [0.29, 0.717) is 46.4 Å². The molecule has 2 aromatic heterocycles. The quantitative estimate of drug-likeness (QED) is 0.489. The molecule has 0 aliphatic heterocycles. The number of aromatic nitrogens is 2. The van der Waals surface area contributed by atoms with Crippen molar-refractivity contribution in [2.45, 2.75) is 26.2 Å². The lowest BCUT2D eigenvalue weighted by Crippen LogP contribution is -2.30. The summed E-state index contributed by atoms with van der Waals surface area (Å²) in [4.78, 5) is 34.2. The molecule has 0 spiro atoms. The van der Waals surface area contributed by atoms with Crippen molar-refractivity contribution in [2.24, 2.45) is 5.92 Å². The lowest BCUT2D eigenvalue weighted by Gasteiger charge is -2.22. The van der Waals surface area contributed by atoms with Crippen molar-refractivity contribution in [1.29, 1.82) is 0 Å². The second kappa shape index (κ2) is 10.1. The predicted molar refractivity (Wildman–Crippen MR) is 126 cm³/mol. The van der Waals surface area contributed by atoms with Gasteiger partial charge in [-0.1, -0.05) is 23.7 Å². The molecule has 4 rings (SSSR count). The van der Waals surface area contributed by atoms with E-state index >= 15 is 0 Å². The fourth-order valence-corrected chi connectivity index (χ4v) is 3.84. The Bertz CT molecular complexity index is 1170. The fraction of sp³-hybridized carbons (Fsp3) is 0.280. The number of benzene rings is 1. The van der Waals surface area contributed by atoms with Crippen molar-refractivity contribution in [2.75, 3.05) is 18.0 Å². The Labute approximate surface area is 196 Å². The van der Waals surface area contributed by atoms with Crippen LogP contribution >= 0.6 is 11.6 Å². The van der Waals surface area contributed by atoms with Crippen molar-refractivity contribution in [3.63, 3.8) is 0 Å². The number of amides is 2. The molecule has 8 heteroatoms. The summed E-state index contributed by atoms with van der Waals surface area (Å²) in [5.74, 6) is -0.296. The van der Waals surface area contributed by atoms with Crippen molar-refractivity contribution in [3.8, 4) is 11.3 Å². The van der Waals surface area contributed by atoms with E-state index in [-0.39, 0.29) is 18.4 Å². The zero-order chi connectivity index (χ0) is 23.4. The monoisotopic (exact) mass is 466 g/mol. The summed E-state index contributed by atoms with van der Waals surface area (Å²) >= 11 is 6.51. The zero-order valence-electron chi connectivity index (χ0n) is 18.2. The molecule has 0 atom stereocenters. The Hall–Kier alpha value is -3.32. The Morgan fingerprint density at radius 3 is 2.64 bits per heavy atom. The highest BCUT2D eigenvalue weighted by Crippen LogP contribution is 2.35. The summed E-state index contributed by atoms with van der Waals surface area (Å²) in [5, 5.41) is 3.24. The van der Waals surface area contributed by atoms with E-state index in [1.165, 1.54) is 12.4 Å². The molecule has 1 N–H and O–H groups in total. The number of hydrogen-bond acceptors (Lipinski definition) is 4. The smallest absolute Gasteiger partial charge is 0.252 e. The average Bonchev–Trinajstić information content (AvgIpc) is 3.63. The second-order valence-electron chi connectivity index (χ2n) is 8.13. The van der Waals surface area contributed by atoms with Gasteiger partial charge in [0.1, 0.15) is 0 Å². The number of pyridine rings is 2. The van der Waals surface area contributed by atoms with Crippen LogP contribution in [-0.4, -0.2) is 34.9 Å². The first kappa shape index (κ1) is 22.9. The minimum atomic E-state index is -0.526.